The van der Waals surface area contributed by atoms with E-state index in [4.69, 9.17) is 0 Å². The fourth-order valence-corrected chi connectivity index (χ4v) is 5.27. The van der Waals surface area contributed by atoms with E-state index in [1.165, 1.54) is 60.2 Å². The predicted molar refractivity (Wildman–Crippen MR) is 141 cm³/mol. The van der Waals surface area contributed by atoms with E-state index in [0.29, 0.717) is 0 Å². The number of para-hydroxylation sites is 1. The largest absolute Gasteiger partial charge is 0.309 e. The number of fused-ring (bicyclic) bond motifs is 6. The predicted octanol–water partition coefficient (Wildman–Crippen LogP) is 8.76. The summed E-state index contributed by atoms with van der Waals surface area (Å²) in [5, 5.41) is 7.69. The lowest BCUT2D eigenvalue weighted by Crippen LogP contribution is -1.95. The van der Waals surface area contributed by atoms with Crippen LogP contribution in [-0.2, 0) is 0 Å². The molecule has 0 atom stereocenters. The van der Waals surface area contributed by atoms with Gasteiger partial charge in [0.1, 0.15) is 0 Å². The Morgan fingerprint density at radius 3 is 2.06 bits per heavy atom. The SMILES string of the molecule is c1ccc(-c2ccc3c(ccc4c3c3ccccc3n4-c3cccc4ccccc34)c2)cc1. The third-order valence-corrected chi connectivity index (χ3v) is 6.77. The van der Waals surface area contributed by atoms with Gasteiger partial charge in [-0.25, -0.2) is 0 Å². The summed E-state index contributed by atoms with van der Waals surface area (Å²) in [6.45, 7) is 0. The first-order valence-electron chi connectivity index (χ1n) is 11.4. The Bertz CT molecular complexity index is 1800. The molecule has 33 heavy (non-hydrogen) atoms. The van der Waals surface area contributed by atoms with Gasteiger partial charge in [-0.15, -0.1) is 0 Å². The second kappa shape index (κ2) is 7.08. The number of hydrogen-bond acceptors (Lipinski definition) is 0. The first-order valence-corrected chi connectivity index (χ1v) is 11.4. The van der Waals surface area contributed by atoms with E-state index in [0.717, 1.165) is 0 Å². The summed E-state index contributed by atoms with van der Waals surface area (Å²) in [7, 11) is 0. The molecule has 0 fully saturated rings. The van der Waals surface area contributed by atoms with Crippen molar-refractivity contribution in [2.45, 2.75) is 0 Å². The lowest BCUT2D eigenvalue weighted by molar-refractivity contribution is 1.20. The molecule has 0 aliphatic heterocycles. The third kappa shape index (κ3) is 2.73. The zero-order chi connectivity index (χ0) is 21.8. The molecule has 0 saturated carbocycles. The number of aromatic nitrogens is 1. The third-order valence-electron chi connectivity index (χ3n) is 6.77. The quantitative estimate of drug-likeness (QED) is 0.264. The lowest BCUT2D eigenvalue weighted by atomic mass is 9.98. The fraction of sp³-hybridized carbons (Fsp3) is 0. The van der Waals surface area contributed by atoms with Gasteiger partial charge in [0.05, 0.1) is 16.7 Å². The van der Waals surface area contributed by atoms with Crippen LogP contribution in [0.5, 0.6) is 0 Å². The van der Waals surface area contributed by atoms with Crippen LogP contribution in [0.25, 0.3) is 60.2 Å². The maximum atomic E-state index is 2.43. The van der Waals surface area contributed by atoms with Crippen LogP contribution in [0.2, 0.25) is 0 Å². The second-order valence-corrected chi connectivity index (χ2v) is 8.61. The first kappa shape index (κ1) is 18.2. The molecule has 0 bridgehead atoms. The molecule has 1 heterocycles. The van der Waals surface area contributed by atoms with E-state index in [9.17, 15) is 0 Å². The number of rotatable bonds is 2. The van der Waals surface area contributed by atoms with Gasteiger partial charge in [-0.1, -0.05) is 103 Å². The highest BCUT2D eigenvalue weighted by Gasteiger charge is 2.16. The summed E-state index contributed by atoms with van der Waals surface area (Å²) in [5.41, 5.74) is 6.20. The lowest BCUT2D eigenvalue weighted by Gasteiger charge is -2.12. The molecule has 6 aromatic carbocycles. The van der Waals surface area contributed by atoms with Gasteiger partial charge in [0.25, 0.3) is 0 Å². The second-order valence-electron chi connectivity index (χ2n) is 8.61. The highest BCUT2D eigenvalue weighted by atomic mass is 15.0. The molecular weight excluding hydrogens is 398 g/mol. The molecule has 0 unspecified atom stereocenters. The average Bonchev–Trinajstić information content (AvgIpc) is 3.23. The van der Waals surface area contributed by atoms with Gasteiger partial charge in [0.15, 0.2) is 0 Å². The summed E-state index contributed by atoms with van der Waals surface area (Å²) in [6.07, 6.45) is 0. The van der Waals surface area contributed by atoms with E-state index in [1.54, 1.807) is 0 Å². The zero-order valence-corrected chi connectivity index (χ0v) is 18.1. The van der Waals surface area contributed by atoms with Crippen molar-refractivity contribution >= 4 is 43.4 Å². The van der Waals surface area contributed by atoms with E-state index < -0.39 is 0 Å². The molecule has 0 aliphatic carbocycles. The van der Waals surface area contributed by atoms with Crippen LogP contribution < -0.4 is 0 Å². The van der Waals surface area contributed by atoms with Crippen LogP contribution in [0, 0.1) is 0 Å². The van der Waals surface area contributed by atoms with Crippen molar-refractivity contribution in [2.75, 3.05) is 0 Å². The molecule has 0 aliphatic rings. The van der Waals surface area contributed by atoms with Crippen LogP contribution in [0.3, 0.4) is 0 Å². The van der Waals surface area contributed by atoms with Gasteiger partial charge < -0.3 is 4.57 Å². The standard InChI is InChI=1S/C32H21N/c1-2-9-22(10-3-1)24-17-19-27-25(21-24)18-20-31-32(27)28-14-6-7-15-30(28)33(31)29-16-8-12-23-11-4-5-13-26(23)29/h1-21H. The Labute approximate surface area is 192 Å². The van der Waals surface area contributed by atoms with E-state index in [2.05, 4.69) is 132 Å². The monoisotopic (exact) mass is 419 g/mol. The molecule has 0 radical (unpaired) electrons. The number of benzene rings is 6. The van der Waals surface area contributed by atoms with Crippen molar-refractivity contribution in [3.8, 4) is 16.8 Å². The molecule has 0 saturated heterocycles. The van der Waals surface area contributed by atoms with Crippen LogP contribution in [0.15, 0.2) is 127 Å². The molecule has 7 aromatic rings. The van der Waals surface area contributed by atoms with Gasteiger partial charge >= 0.3 is 0 Å². The van der Waals surface area contributed by atoms with Crippen LogP contribution >= 0.6 is 0 Å². The van der Waals surface area contributed by atoms with E-state index in [-0.39, 0.29) is 0 Å². The Morgan fingerprint density at radius 1 is 0.394 bits per heavy atom. The summed E-state index contributed by atoms with van der Waals surface area (Å²) in [6, 6.07) is 46.0. The minimum Gasteiger partial charge on any atom is -0.309 e. The Morgan fingerprint density at radius 2 is 1.15 bits per heavy atom. The van der Waals surface area contributed by atoms with Crippen LogP contribution in [-0.4, -0.2) is 4.57 Å². The topological polar surface area (TPSA) is 4.93 Å². The van der Waals surface area contributed by atoms with Gasteiger partial charge in [-0.3, -0.25) is 0 Å². The van der Waals surface area contributed by atoms with Crippen molar-refractivity contribution in [1.29, 1.82) is 0 Å². The van der Waals surface area contributed by atoms with Crippen LogP contribution in [0.1, 0.15) is 0 Å². The zero-order valence-electron chi connectivity index (χ0n) is 18.1. The summed E-state index contributed by atoms with van der Waals surface area (Å²) >= 11 is 0. The number of nitrogens with zero attached hydrogens (tertiary/aromatic N) is 1. The van der Waals surface area contributed by atoms with Crippen LogP contribution in [0.4, 0.5) is 0 Å². The summed E-state index contributed by atoms with van der Waals surface area (Å²) < 4.78 is 2.43. The molecule has 154 valence electrons. The molecule has 7 rings (SSSR count). The molecule has 0 N–H and O–H groups in total. The van der Waals surface area contributed by atoms with Crippen molar-refractivity contribution in [1.82, 2.24) is 4.57 Å². The molecule has 1 aromatic heterocycles. The maximum absolute atomic E-state index is 2.43. The fourth-order valence-electron chi connectivity index (χ4n) is 5.27. The van der Waals surface area contributed by atoms with Gasteiger partial charge in [0, 0.05) is 16.2 Å². The molecule has 0 amide bonds. The molecule has 1 heteroatoms. The van der Waals surface area contributed by atoms with Gasteiger partial charge in [0.2, 0.25) is 0 Å². The maximum Gasteiger partial charge on any atom is 0.0547 e. The molecule has 1 nitrogen and oxygen atoms in total. The highest BCUT2D eigenvalue weighted by Crippen LogP contribution is 2.39. The van der Waals surface area contributed by atoms with Gasteiger partial charge in [-0.05, 0) is 51.6 Å². The Kier molecular flexibility index (Phi) is 3.91. The van der Waals surface area contributed by atoms with Crippen molar-refractivity contribution in [2.24, 2.45) is 0 Å². The number of hydrogen-bond donors (Lipinski definition) is 0. The molecular formula is C32H21N. The van der Waals surface area contributed by atoms with Crippen molar-refractivity contribution < 1.29 is 0 Å². The first-order chi connectivity index (χ1) is 16.4. The minimum absolute atomic E-state index is 1.22. The van der Waals surface area contributed by atoms with E-state index in [1.807, 2.05) is 0 Å². The van der Waals surface area contributed by atoms with Gasteiger partial charge in [-0.2, -0.15) is 0 Å². The van der Waals surface area contributed by atoms with Crippen molar-refractivity contribution in [3.63, 3.8) is 0 Å². The average molecular weight is 420 g/mol. The smallest absolute Gasteiger partial charge is 0.0547 e. The minimum atomic E-state index is 1.22. The Balaban J connectivity index is 1.59. The Hall–Kier alpha value is -4.36. The highest BCUT2D eigenvalue weighted by molar-refractivity contribution is 6.22. The molecule has 0 spiro atoms. The normalized spacial score (nSPS) is 11.6. The summed E-state index contributed by atoms with van der Waals surface area (Å²) in [4.78, 5) is 0. The summed E-state index contributed by atoms with van der Waals surface area (Å²) in [5.74, 6) is 0. The van der Waals surface area contributed by atoms with E-state index >= 15 is 0 Å². The van der Waals surface area contributed by atoms with Crippen molar-refractivity contribution in [3.05, 3.63) is 127 Å².